The first-order valence-electron chi connectivity index (χ1n) is 5.06. The van der Waals surface area contributed by atoms with E-state index in [0.29, 0.717) is 6.54 Å². The molecule has 0 saturated carbocycles. The molecule has 0 spiro atoms. The van der Waals surface area contributed by atoms with Gasteiger partial charge in [-0.3, -0.25) is 0 Å². The summed E-state index contributed by atoms with van der Waals surface area (Å²) in [6.45, 7) is 1.59. The molecule has 3 nitrogen and oxygen atoms in total. The van der Waals surface area contributed by atoms with Crippen molar-refractivity contribution in [3.63, 3.8) is 0 Å². The van der Waals surface area contributed by atoms with Crippen LogP contribution in [0.5, 0.6) is 0 Å². The number of benzene rings is 1. The molecule has 1 aromatic rings. The average Bonchev–Trinajstić information content (AvgIpc) is 2.17. The Bertz CT molecular complexity index is 313. The molecule has 15 heavy (non-hydrogen) atoms. The largest absolute Gasteiger partial charge is 0.385 e. The highest BCUT2D eigenvalue weighted by Crippen LogP contribution is 2.27. The molecular formula is C11H18ClN3. The smallest absolute Gasteiger partial charge is 0.0659 e. The number of halogens is 1. The van der Waals surface area contributed by atoms with Crippen LogP contribution in [0.3, 0.4) is 0 Å². The van der Waals surface area contributed by atoms with Gasteiger partial charge in [0.15, 0.2) is 0 Å². The summed E-state index contributed by atoms with van der Waals surface area (Å²) in [7, 11) is 3.95. The summed E-state index contributed by atoms with van der Waals surface area (Å²) in [6, 6.07) is 5.97. The van der Waals surface area contributed by atoms with E-state index < -0.39 is 0 Å². The Morgan fingerprint density at radius 3 is 2.67 bits per heavy atom. The molecule has 0 fully saturated rings. The van der Waals surface area contributed by atoms with Gasteiger partial charge in [0.1, 0.15) is 0 Å². The normalized spacial score (nSPS) is 10.1. The molecule has 0 aliphatic heterocycles. The molecule has 0 radical (unpaired) electrons. The van der Waals surface area contributed by atoms with E-state index in [0.717, 1.165) is 29.4 Å². The van der Waals surface area contributed by atoms with Crippen LogP contribution in [0, 0.1) is 0 Å². The third-order valence-corrected chi connectivity index (χ3v) is 2.44. The average molecular weight is 228 g/mol. The first kappa shape index (κ1) is 12.1. The Morgan fingerprint density at radius 2 is 2.13 bits per heavy atom. The number of nitrogens with one attached hydrogen (secondary N) is 1. The Balaban J connectivity index is 2.65. The molecule has 0 unspecified atom stereocenters. The number of nitrogens with zero attached hydrogens (tertiary/aromatic N) is 1. The van der Waals surface area contributed by atoms with Gasteiger partial charge in [-0.05, 0) is 31.2 Å². The molecule has 0 atom stereocenters. The van der Waals surface area contributed by atoms with Crippen molar-refractivity contribution in [1.29, 1.82) is 0 Å². The van der Waals surface area contributed by atoms with Crippen molar-refractivity contribution in [3.05, 3.63) is 23.2 Å². The lowest BCUT2D eigenvalue weighted by Gasteiger charge is -2.15. The molecule has 1 aromatic carbocycles. The molecule has 3 N–H and O–H groups in total. The molecule has 84 valence electrons. The van der Waals surface area contributed by atoms with Crippen molar-refractivity contribution in [2.75, 3.05) is 37.4 Å². The third kappa shape index (κ3) is 3.61. The monoisotopic (exact) mass is 227 g/mol. The lowest BCUT2D eigenvalue weighted by atomic mass is 10.2. The molecule has 0 saturated heterocycles. The minimum atomic E-state index is 0.705. The highest BCUT2D eigenvalue weighted by atomic mass is 35.5. The van der Waals surface area contributed by atoms with E-state index >= 15 is 0 Å². The van der Waals surface area contributed by atoms with Gasteiger partial charge in [-0.25, -0.2) is 0 Å². The lowest BCUT2D eigenvalue weighted by molar-refractivity contribution is 0.874. The fourth-order valence-electron chi connectivity index (χ4n) is 1.31. The highest BCUT2D eigenvalue weighted by molar-refractivity contribution is 6.33. The van der Waals surface area contributed by atoms with Crippen LogP contribution in [0.15, 0.2) is 18.2 Å². The second kappa shape index (κ2) is 5.83. The summed E-state index contributed by atoms with van der Waals surface area (Å²) in [4.78, 5) is 1.99. The number of anilines is 2. The van der Waals surface area contributed by atoms with Gasteiger partial charge in [0, 0.05) is 26.3 Å². The zero-order valence-electron chi connectivity index (χ0n) is 9.26. The Kier molecular flexibility index (Phi) is 4.72. The maximum absolute atomic E-state index is 6.13. The van der Waals surface area contributed by atoms with E-state index in [1.54, 1.807) is 0 Å². The molecule has 1 rings (SSSR count). The topological polar surface area (TPSA) is 41.3 Å². The summed E-state index contributed by atoms with van der Waals surface area (Å²) in [5.41, 5.74) is 7.48. The molecular weight excluding hydrogens is 210 g/mol. The third-order valence-electron chi connectivity index (χ3n) is 2.14. The number of hydrogen-bond donors (Lipinski definition) is 2. The summed E-state index contributed by atoms with van der Waals surface area (Å²) < 4.78 is 0. The fraction of sp³-hybridized carbons (Fsp3) is 0.455. The quantitative estimate of drug-likeness (QED) is 0.758. The van der Waals surface area contributed by atoms with Gasteiger partial charge < -0.3 is 16.0 Å². The van der Waals surface area contributed by atoms with Gasteiger partial charge >= 0.3 is 0 Å². The zero-order chi connectivity index (χ0) is 11.3. The predicted octanol–water partition coefficient (Wildman–Crippen LogP) is 2.17. The van der Waals surface area contributed by atoms with E-state index in [4.69, 9.17) is 17.3 Å². The minimum Gasteiger partial charge on any atom is -0.385 e. The maximum atomic E-state index is 6.13. The molecule has 0 amide bonds. The van der Waals surface area contributed by atoms with Gasteiger partial charge in [-0.1, -0.05) is 11.6 Å². The van der Waals surface area contributed by atoms with E-state index in [1.807, 2.05) is 37.2 Å². The van der Waals surface area contributed by atoms with Crippen LogP contribution < -0.4 is 16.0 Å². The van der Waals surface area contributed by atoms with Crippen molar-refractivity contribution in [2.45, 2.75) is 6.42 Å². The first-order valence-corrected chi connectivity index (χ1v) is 5.43. The Morgan fingerprint density at radius 1 is 1.40 bits per heavy atom. The standard InChI is InChI=1S/C11H18ClN3/c1-15(2)11-5-4-9(8-10(11)12)14-7-3-6-13/h4-5,8,14H,3,6-7,13H2,1-2H3. The fourth-order valence-corrected chi connectivity index (χ4v) is 1.66. The highest BCUT2D eigenvalue weighted by Gasteiger charge is 2.02. The van der Waals surface area contributed by atoms with Crippen LogP contribution >= 0.6 is 11.6 Å². The van der Waals surface area contributed by atoms with Crippen LogP contribution in [0.1, 0.15) is 6.42 Å². The maximum Gasteiger partial charge on any atom is 0.0659 e. The van der Waals surface area contributed by atoms with Gasteiger partial charge in [0.25, 0.3) is 0 Å². The minimum absolute atomic E-state index is 0.705. The lowest BCUT2D eigenvalue weighted by Crippen LogP contribution is -2.10. The van der Waals surface area contributed by atoms with Crippen LogP contribution in [0.4, 0.5) is 11.4 Å². The van der Waals surface area contributed by atoms with E-state index in [2.05, 4.69) is 5.32 Å². The van der Waals surface area contributed by atoms with Crippen LogP contribution in [-0.2, 0) is 0 Å². The van der Waals surface area contributed by atoms with Crippen molar-refractivity contribution in [1.82, 2.24) is 0 Å². The molecule has 0 bridgehead atoms. The van der Waals surface area contributed by atoms with Gasteiger partial charge in [0.2, 0.25) is 0 Å². The zero-order valence-corrected chi connectivity index (χ0v) is 10.0. The Hall–Kier alpha value is -0.930. The van der Waals surface area contributed by atoms with Crippen molar-refractivity contribution >= 4 is 23.0 Å². The van der Waals surface area contributed by atoms with E-state index in [-0.39, 0.29) is 0 Å². The second-order valence-electron chi connectivity index (χ2n) is 3.63. The molecule has 0 aliphatic rings. The number of hydrogen-bond acceptors (Lipinski definition) is 3. The number of nitrogens with two attached hydrogens (primary N) is 1. The van der Waals surface area contributed by atoms with Crippen LogP contribution in [0.25, 0.3) is 0 Å². The van der Waals surface area contributed by atoms with Crippen LogP contribution in [-0.4, -0.2) is 27.2 Å². The SMILES string of the molecule is CN(C)c1ccc(NCCCN)cc1Cl. The van der Waals surface area contributed by atoms with E-state index in [9.17, 15) is 0 Å². The summed E-state index contributed by atoms with van der Waals surface area (Å²) in [5.74, 6) is 0. The summed E-state index contributed by atoms with van der Waals surface area (Å²) in [5, 5.41) is 4.03. The van der Waals surface area contributed by atoms with Gasteiger partial charge in [-0.15, -0.1) is 0 Å². The number of rotatable bonds is 5. The van der Waals surface area contributed by atoms with Crippen molar-refractivity contribution in [3.8, 4) is 0 Å². The molecule has 0 aromatic heterocycles. The first-order chi connectivity index (χ1) is 7.15. The van der Waals surface area contributed by atoms with Crippen molar-refractivity contribution < 1.29 is 0 Å². The van der Waals surface area contributed by atoms with Gasteiger partial charge in [-0.2, -0.15) is 0 Å². The van der Waals surface area contributed by atoms with Gasteiger partial charge in [0.05, 0.1) is 10.7 Å². The molecule has 0 heterocycles. The Labute approximate surface area is 96.2 Å². The molecule has 0 aliphatic carbocycles. The van der Waals surface area contributed by atoms with E-state index in [1.165, 1.54) is 0 Å². The molecule has 4 heteroatoms. The summed E-state index contributed by atoms with van der Waals surface area (Å²) in [6.07, 6.45) is 0.965. The van der Waals surface area contributed by atoms with Crippen LogP contribution in [0.2, 0.25) is 5.02 Å². The summed E-state index contributed by atoms with van der Waals surface area (Å²) >= 11 is 6.13. The second-order valence-corrected chi connectivity index (χ2v) is 4.04. The predicted molar refractivity (Wildman–Crippen MR) is 67.9 cm³/mol. The van der Waals surface area contributed by atoms with Crippen molar-refractivity contribution in [2.24, 2.45) is 5.73 Å².